The van der Waals surface area contributed by atoms with E-state index >= 15 is 0 Å². The molecular formula is C21H33N3O3. The third-order valence-corrected chi connectivity index (χ3v) is 5.82. The van der Waals surface area contributed by atoms with Crippen molar-refractivity contribution in [3.05, 3.63) is 24.3 Å². The van der Waals surface area contributed by atoms with Crippen molar-refractivity contribution < 1.29 is 14.3 Å². The standard InChI is InChI=1S/C21H33N3O3/c1-17-5-3-4-6-20(17)22-21(25)24-13-11-23(12-14-24)15-16-27-19-9-7-18(26-2)8-10-19/h7-10,17,20H,3-6,11-16H2,1-2H3,(H,22,25)/t17-,20-/m1/s1. The maximum absolute atomic E-state index is 12.5. The zero-order valence-corrected chi connectivity index (χ0v) is 16.7. The molecule has 0 bridgehead atoms. The van der Waals surface area contributed by atoms with Crippen molar-refractivity contribution >= 4 is 6.03 Å². The molecule has 1 aromatic rings. The number of methoxy groups -OCH3 is 1. The highest BCUT2D eigenvalue weighted by Crippen LogP contribution is 2.24. The zero-order valence-electron chi connectivity index (χ0n) is 16.7. The molecule has 6 nitrogen and oxygen atoms in total. The monoisotopic (exact) mass is 375 g/mol. The fourth-order valence-corrected chi connectivity index (χ4v) is 3.92. The Bertz CT molecular complexity index is 585. The molecular weight excluding hydrogens is 342 g/mol. The predicted molar refractivity (Wildman–Crippen MR) is 106 cm³/mol. The number of rotatable bonds is 6. The second kappa shape index (κ2) is 9.83. The lowest BCUT2D eigenvalue weighted by atomic mass is 9.86. The van der Waals surface area contributed by atoms with Crippen LogP contribution in [0.1, 0.15) is 32.6 Å². The Hall–Kier alpha value is -1.95. The Morgan fingerprint density at radius 2 is 1.74 bits per heavy atom. The lowest BCUT2D eigenvalue weighted by Gasteiger charge is -2.37. The molecule has 150 valence electrons. The molecule has 1 N–H and O–H groups in total. The van der Waals surface area contributed by atoms with Crippen molar-refractivity contribution in [1.29, 1.82) is 0 Å². The van der Waals surface area contributed by atoms with E-state index in [4.69, 9.17) is 9.47 Å². The van der Waals surface area contributed by atoms with Crippen LogP contribution in [0.2, 0.25) is 0 Å². The molecule has 0 spiro atoms. The maximum atomic E-state index is 12.5. The zero-order chi connectivity index (χ0) is 19.1. The number of hydrogen-bond donors (Lipinski definition) is 1. The van der Waals surface area contributed by atoms with Crippen molar-refractivity contribution in [3.63, 3.8) is 0 Å². The normalized spacial score (nSPS) is 23.7. The van der Waals surface area contributed by atoms with Crippen LogP contribution in [0.25, 0.3) is 0 Å². The van der Waals surface area contributed by atoms with Crippen LogP contribution in [0.15, 0.2) is 24.3 Å². The average Bonchev–Trinajstić information content (AvgIpc) is 2.71. The molecule has 1 saturated heterocycles. The molecule has 3 rings (SSSR count). The quantitative estimate of drug-likeness (QED) is 0.831. The summed E-state index contributed by atoms with van der Waals surface area (Å²) in [6, 6.07) is 8.12. The van der Waals surface area contributed by atoms with E-state index in [1.807, 2.05) is 29.2 Å². The summed E-state index contributed by atoms with van der Waals surface area (Å²) < 4.78 is 11.0. The number of benzene rings is 1. The number of carbonyl (C=O) groups is 1. The molecule has 2 amide bonds. The summed E-state index contributed by atoms with van der Waals surface area (Å²) in [7, 11) is 1.66. The van der Waals surface area contributed by atoms with Crippen molar-refractivity contribution in [2.45, 2.75) is 38.6 Å². The van der Waals surface area contributed by atoms with Crippen LogP contribution in [0.5, 0.6) is 11.5 Å². The number of hydrogen-bond acceptors (Lipinski definition) is 4. The largest absolute Gasteiger partial charge is 0.497 e. The van der Waals surface area contributed by atoms with Crippen LogP contribution in [0, 0.1) is 5.92 Å². The molecule has 1 heterocycles. The van der Waals surface area contributed by atoms with Gasteiger partial charge in [0.25, 0.3) is 0 Å². The summed E-state index contributed by atoms with van der Waals surface area (Å²) in [6.07, 6.45) is 4.88. The molecule has 0 aromatic heterocycles. The fourth-order valence-electron chi connectivity index (χ4n) is 3.92. The summed E-state index contributed by atoms with van der Waals surface area (Å²) in [5, 5.41) is 3.26. The third-order valence-electron chi connectivity index (χ3n) is 5.82. The Morgan fingerprint density at radius 1 is 1.07 bits per heavy atom. The summed E-state index contributed by atoms with van der Waals surface area (Å²) in [5.74, 6) is 2.29. The third kappa shape index (κ3) is 5.76. The number of ether oxygens (including phenoxy) is 2. The van der Waals surface area contributed by atoms with E-state index in [1.54, 1.807) is 7.11 Å². The maximum Gasteiger partial charge on any atom is 0.317 e. The Morgan fingerprint density at radius 3 is 2.41 bits per heavy atom. The van der Waals surface area contributed by atoms with Gasteiger partial charge in [0.2, 0.25) is 0 Å². The van der Waals surface area contributed by atoms with Crippen molar-refractivity contribution in [2.75, 3.05) is 46.4 Å². The number of carbonyl (C=O) groups excluding carboxylic acids is 1. The van der Waals surface area contributed by atoms with Gasteiger partial charge in [0.15, 0.2) is 0 Å². The average molecular weight is 376 g/mol. The molecule has 1 aromatic carbocycles. The van der Waals surface area contributed by atoms with E-state index < -0.39 is 0 Å². The molecule has 1 aliphatic carbocycles. The van der Waals surface area contributed by atoms with Gasteiger partial charge in [0.05, 0.1) is 7.11 Å². The van der Waals surface area contributed by atoms with E-state index in [0.717, 1.165) is 50.6 Å². The molecule has 6 heteroatoms. The number of nitrogens with one attached hydrogen (secondary N) is 1. The van der Waals surface area contributed by atoms with E-state index in [2.05, 4.69) is 17.1 Å². The highest BCUT2D eigenvalue weighted by atomic mass is 16.5. The second-order valence-electron chi connectivity index (χ2n) is 7.67. The van der Waals surface area contributed by atoms with Crippen molar-refractivity contribution in [2.24, 2.45) is 5.92 Å². The number of piperazine rings is 1. The summed E-state index contributed by atoms with van der Waals surface area (Å²) >= 11 is 0. The Kier molecular flexibility index (Phi) is 7.21. The Labute approximate surface area is 162 Å². The molecule has 27 heavy (non-hydrogen) atoms. The highest BCUT2D eigenvalue weighted by Gasteiger charge is 2.26. The van der Waals surface area contributed by atoms with Gasteiger partial charge in [-0.25, -0.2) is 4.79 Å². The van der Waals surface area contributed by atoms with Gasteiger partial charge >= 0.3 is 6.03 Å². The second-order valence-corrected chi connectivity index (χ2v) is 7.67. The molecule has 2 atom stereocenters. The number of urea groups is 1. The van der Waals surface area contributed by atoms with Crippen LogP contribution in [0.3, 0.4) is 0 Å². The van der Waals surface area contributed by atoms with Gasteiger partial charge < -0.3 is 19.7 Å². The lowest BCUT2D eigenvalue weighted by Crippen LogP contribution is -2.55. The summed E-state index contributed by atoms with van der Waals surface area (Å²) in [6.45, 7) is 7.16. The first-order valence-corrected chi connectivity index (χ1v) is 10.2. The van der Waals surface area contributed by atoms with Gasteiger partial charge in [-0.3, -0.25) is 4.90 Å². The van der Waals surface area contributed by atoms with Gasteiger partial charge in [0.1, 0.15) is 18.1 Å². The van der Waals surface area contributed by atoms with Gasteiger partial charge in [-0.15, -0.1) is 0 Å². The topological polar surface area (TPSA) is 54.0 Å². The minimum atomic E-state index is 0.114. The molecule has 1 aliphatic heterocycles. The van der Waals surface area contributed by atoms with E-state index in [-0.39, 0.29) is 6.03 Å². The Balaban J connectivity index is 1.34. The van der Waals surface area contributed by atoms with Crippen LogP contribution < -0.4 is 14.8 Å². The molecule has 2 aliphatic rings. The molecule has 2 fully saturated rings. The smallest absolute Gasteiger partial charge is 0.317 e. The first kappa shape index (κ1) is 19.8. The van der Waals surface area contributed by atoms with E-state index in [9.17, 15) is 4.79 Å². The van der Waals surface area contributed by atoms with Crippen LogP contribution in [-0.4, -0.2) is 68.3 Å². The first-order valence-electron chi connectivity index (χ1n) is 10.2. The van der Waals surface area contributed by atoms with Crippen molar-refractivity contribution in [1.82, 2.24) is 15.1 Å². The fraction of sp³-hybridized carbons (Fsp3) is 0.667. The van der Waals surface area contributed by atoms with Gasteiger partial charge in [-0.1, -0.05) is 19.8 Å². The minimum Gasteiger partial charge on any atom is -0.497 e. The SMILES string of the molecule is COc1ccc(OCCN2CCN(C(=O)N[C@@H]3CCCC[C@H]3C)CC2)cc1. The molecule has 1 saturated carbocycles. The van der Waals surface area contributed by atoms with Gasteiger partial charge in [-0.05, 0) is 43.0 Å². The molecule has 0 radical (unpaired) electrons. The van der Waals surface area contributed by atoms with E-state index in [0.29, 0.717) is 18.6 Å². The summed E-state index contributed by atoms with van der Waals surface area (Å²) in [4.78, 5) is 16.8. The van der Waals surface area contributed by atoms with Crippen LogP contribution >= 0.6 is 0 Å². The van der Waals surface area contributed by atoms with Crippen molar-refractivity contribution in [3.8, 4) is 11.5 Å². The molecule has 0 unspecified atom stereocenters. The van der Waals surface area contributed by atoms with Gasteiger partial charge in [-0.2, -0.15) is 0 Å². The minimum absolute atomic E-state index is 0.114. The van der Waals surface area contributed by atoms with Crippen LogP contribution in [0.4, 0.5) is 4.79 Å². The summed E-state index contributed by atoms with van der Waals surface area (Å²) in [5.41, 5.74) is 0. The van der Waals surface area contributed by atoms with Gasteiger partial charge in [0, 0.05) is 38.8 Å². The lowest BCUT2D eigenvalue weighted by molar-refractivity contribution is 0.121. The number of nitrogens with zero attached hydrogens (tertiary/aromatic N) is 2. The highest BCUT2D eigenvalue weighted by molar-refractivity contribution is 5.74. The van der Waals surface area contributed by atoms with E-state index in [1.165, 1.54) is 19.3 Å². The predicted octanol–water partition coefficient (Wildman–Crippen LogP) is 2.98. The first-order chi connectivity index (χ1) is 13.2. The van der Waals surface area contributed by atoms with Crippen LogP contribution in [-0.2, 0) is 0 Å². The number of amides is 2.